The summed E-state index contributed by atoms with van der Waals surface area (Å²) in [4.78, 5) is 58.9. The van der Waals surface area contributed by atoms with Crippen LogP contribution >= 0.6 is 23.3 Å². The van der Waals surface area contributed by atoms with Gasteiger partial charge in [-0.25, -0.2) is 9.18 Å². The summed E-state index contributed by atoms with van der Waals surface area (Å²) in [6.07, 6.45) is 6.51. The summed E-state index contributed by atoms with van der Waals surface area (Å²) in [6.45, 7) is 2.57. The highest BCUT2D eigenvalue weighted by atomic mass is 32.2. The minimum absolute atomic E-state index is 0.0618. The molecule has 2 aliphatic rings. The second-order valence-electron chi connectivity index (χ2n) is 8.97. The van der Waals surface area contributed by atoms with E-state index in [-0.39, 0.29) is 22.4 Å². The first kappa shape index (κ1) is 30.7. The van der Waals surface area contributed by atoms with Gasteiger partial charge >= 0.3 is 5.97 Å². The van der Waals surface area contributed by atoms with Gasteiger partial charge in [-0.2, -0.15) is 9.36 Å². The molecular formula is C23H30FN8O6S2+. The minimum atomic E-state index is -1.27. The number of halogens is 1. The highest BCUT2D eigenvalue weighted by Gasteiger charge is 2.54. The van der Waals surface area contributed by atoms with Gasteiger partial charge in [-0.05, 0) is 24.6 Å². The van der Waals surface area contributed by atoms with Crippen LogP contribution in [0, 0.1) is 0 Å². The third-order valence-corrected chi connectivity index (χ3v) is 7.98. The number of quaternary nitrogens is 1. The van der Waals surface area contributed by atoms with Gasteiger partial charge in [-0.3, -0.25) is 19.3 Å². The maximum atomic E-state index is 13.0. The Bertz CT molecular complexity index is 1280. The first-order valence-electron chi connectivity index (χ1n) is 12.0. The number of nitrogens with one attached hydrogen (secondary N) is 1. The number of nitrogens with zero attached hydrogens (tertiary/aromatic N) is 5. The molecule has 1 aromatic rings. The van der Waals surface area contributed by atoms with E-state index in [4.69, 9.17) is 16.3 Å². The van der Waals surface area contributed by atoms with Gasteiger partial charge in [0.15, 0.2) is 5.13 Å². The van der Waals surface area contributed by atoms with E-state index in [1.807, 2.05) is 20.0 Å². The normalized spacial score (nSPS) is 20.8. The number of aliphatic carboxylic acids is 1. The lowest BCUT2D eigenvalue weighted by Crippen LogP contribution is -2.71. The monoisotopic (exact) mass is 597 g/mol. The summed E-state index contributed by atoms with van der Waals surface area (Å²) in [5, 5.41) is 15.4. The number of carbonyl (C=O) groups excluding carboxylic acids is 3. The average Bonchev–Trinajstić information content (AvgIpc) is 3.34. The Balaban J connectivity index is 1.74. The molecule has 6 N–H and O–H groups in total. The Morgan fingerprint density at radius 3 is 2.67 bits per heavy atom. The van der Waals surface area contributed by atoms with Crippen molar-refractivity contribution in [2.75, 3.05) is 51.4 Å². The number of hydrogen-bond acceptors (Lipinski definition) is 11. The van der Waals surface area contributed by atoms with Crippen molar-refractivity contribution in [3.05, 3.63) is 41.4 Å². The van der Waals surface area contributed by atoms with Crippen LogP contribution in [-0.2, 0) is 24.0 Å². The number of nitrogen functional groups attached to an aromatic ring is 1. The Hall–Kier alpha value is -3.83. The molecular weight excluding hydrogens is 567 g/mol. The number of allylic oxidation sites excluding steroid dienone is 1. The second kappa shape index (κ2) is 13.5. The molecule has 0 radical (unpaired) electrons. The van der Waals surface area contributed by atoms with E-state index in [1.165, 1.54) is 17.8 Å². The molecule has 3 unspecified atom stereocenters. The second-order valence-corrected chi connectivity index (χ2v) is 10.9. The van der Waals surface area contributed by atoms with E-state index in [9.17, 15) is 28.7 Å². The predicted octanol–water partition coefficient (Wildman–Crippen LogP) is -0.387. The zero-order valence-corrected chi connectivity index (χ0v) is 23.4. The third kappa shape index (κ3) is 7.22. The first-order valence-corrected chi connectivity index (χ1v) is 13.9. The molecule has 0 aromatic carbocycles. The molecule has 1 saturated heterocycles. The Morgan fingerprint density at radius 2 is 2.08 bits per heavy atom. The smallest absolute Gasteiger partial charge is 0.352 e. The van der Waals surface area contributed by atoms with E-state index in [2.05, 4.69) is 19.8 Å². The third-order valence-electron chi connectivity index (χ3n) is 6.14. The number of carboxylic acids is 1. The lowest BCUT2D eigenvalue weighted by Gasteiger charge is -2.49. The molecule has 3 atom stereocenters. The Labute approximate surface area is 237 Å². The molecule has 0 aliphatic carbocycles. The van der Waals surface area contributed by atoms with Gasteiger partial charge in [-0.1, -0.05) is 11.2 Å². The summed E-state index contributed by atoms with van der Waals surface area (Å²) in [6, 6.07) is -1.04. The fraction of sp³-hybridized carbons (Fsp3) is 0.435. The van der Waals surface area contributed by atoms with Crippen molar-refractivity contribution in [2.45, 2.75) is 18.3 Å². The van der Waals surface area contributed by atoms with Crippen LogP contribution in [0.4, 0.5) is 9.52 Å². The number of primary amides is 1. The van der Waals surface area contributed by atoms with Crippen LogP contribution in [0.3, 0.4) is 0 Å². The molecule has 1 aromatic heterocycles. The molecule has 3 rings (SSSR count). The fourth-order valence-electron chi connectivity index (χ4n) is 3.85. The first-order chi connectivity index (χ1) is 19.0. The molecule has 0 bridgehead atoms. The SMILES string of the molecule is CC[N+](C)(C/C=C/C(N)=O)C/C=C/C1=C(C(=O)O)N2C(=O)C(NC(=O)/C(=N\OCCF)c3nsc(N)n3)C2SC1. The highest BCUT2D eigenvalue weighted by Crippen LogP contribution is 2.40. The van der Waals surface area contributed by atoms with Crippen LogP contribution in [0.2, 0.25) is 0 Å². The highest BCUT2D eigenvalue weighted by molar-refractivity contribution is 8.00. The number of fused-ring (bicyclic) bond motifs is 1. The van der Waals surface area contributed by atoms with Crippen molar-refractivity contribution in [3.8, 4) is 0 Å². The van der Waals surface area contributed by atoms with Gasteiger partial charge in [0.2, 0.25) is 17.4 Å². The van der Waals surface area contributed by atoms with Gasteiger partial charge in [-0.15, -0.1) is 11.8 Å². The predicted molar refractivity (Wildman–Crippen MR) is 146 cm³/mol. The lowest BCUT2D eigenvalue weighted by atomic mass is 10.0. The molecule has 0 spiro atoms. The molecule has 216 valence electrons. The van der Waals surface area contributed by atoms with Gasteiger partial charge < -0.3 is 31.2 Å². The van der Waals surface area contributed by atoms with Crippen LogP contribution in [-0.4, -0.2) is 110 Å². The molecule has 1 fully saturated rings. The average molecular weight is 598 g/mol. The molecule has 3 amide bonds. The van der Waals surface area contributed by atoms with Crippen LogP contribution < -0.4 is 16.8 Å². The van der Waals surface area contributed by atoms with Crippen LogP contribution in [0.5, 0.6) is 0 Å². The van der Waals surface area contributed by atoms with Crippen molar-refractivity contribution >= 4 is 57.8 Å². The fourth-order valence-corrected chi connectivity index (χ4v) is 5.60. The Kier molecular flexibility index (Phi) is 10.4. The molecule has 3 heterocycles. The zero-order chi connectivity index (χ0) is 29.4. The number of amides is 3. The number of rotatable bonds is 14. The quantitative estimate of drug-likeness (QED) is 0.0546. The van der Waals surface area contributed by atoms with Crippen LogP contribution in [0.15, 0.2) is 40.7 Å². The van der Waals surface area contributed by atoms with Crippen molar-refractivity contribution < 1.29 is 38.0 Å². The number of nitrogens with two attached hydrogens (primary N) is 2. The van der Waals surface area contributed by atoms with E-state index in [1.54, 1.807) is 12.2 Å². The van der Waals surface area contributed by atoms with Crippen molar-refractivity contribution in [1.82, 2.24) is 19.6 Å². The Morgan fingerprint density at radius 1 is 1.35 bits per heavy atom. The minimum Gasteiger partial charge on any atom is -0.477 e. The number of likely N-dealkylation sites (N-methyl/N-ethyl adjacent to an activating group) is 1. The number of carbonyl (C=O) groups is 4. The number of alkyl halides is 1. The molecule has 14 nitrogen and oxygen atoms in total. The molecule has 0 saturated carbocycles. The van der Waals surface area contributed by atoms with Crippen LogP contribution in [0.1, 0.15) is 12.7 Å². The number of oxime groups is 1. The number of β-lactam (4-membered cyclic amide) rings is 1. The van der Waals surface area contributed by atoms with E-state index < -0.39 is 54.1 Å². The molecule has 2 aliphatic heterocycles. The summed E-state index contributed by atoms with van der Waals surface area (Å²) < 4.78 is 16.9. The number of hydrogen-bond donors (Lipinski definition) is 4. The number of anilines is 1. The maximum absolute atomic E-state index is 13.0. The number of carboxylic acid groups (broad SMARTS) is 1. The topological polar surface area (TPSA) is 203 Å². The number of thioether (sulfide) groups is 1. The van der Waals surface area contributed by atoms with Gasteiger partial charge in [0.1, 0.15) is 30.4 Å². The summed E-state index contributed by atoms with van der Waals surface area (Å²) >= 11 is 2.10. The van der Waals surface area contributed by atoms with E-state index in [0.717, 1.165) is 23.0 Å². The van der Waals surface area contributed by atoms with Crippen LogP contribution in [0.25, 0.3) is 0 Å². The standard InChI is InChI=1S/C23H29FN8O6S2/c1-3-32(2,10-5-7-14(25)33)9-4-6-13-12-39-21-16(20(35)31(21)17(13)22(36)37)27-19(34)15(29-38-11-8-24)18-28-23(26)40-30-18/h4-7,16,21H,3,8-12H2,1-2H3,(H5-,25,26,27,28,30,33,34,36,37)/p+1/b6-4+,7-5+,29-15-. The van der Waals surface area contributed by atoms with Crippen molar-refractivity contribution in [3.63, 3.8) is 0 Å². The summed E-state index contributed by atoms with van der Waals surface area (Å²) in [5.41, 5.74) is 10.6. The maximum Gasteiger partial charge on any atom is 0.352 e. The molecule has 40 heavy (non-hydrogen) atoms. The summed E-state index contributed by atoms with van der Waals surface area (Å²) in [5.74, 6) is -3.15. The summed E-state index contributed by atoms with van der Waals surface area (Å²) in [7, 11) is 1.98. The molecule has 17 heteroatoms. The van der Waals surface area contributed by atoms with Gasteiger partial charge in [0, 0.05) is 23.4 Å². The largest absolute Gasteiger partial charge is 0.477 e. The van der Waals surface area contributed by atoms with Crippen molar-refractivity contribution in [1.29, 1.82) is 0 Å². The van der Waals surface area contributed by atoms with Gasteiger partial charge in [0.25, 0.3) is 11.8 Å². The zero-order valence-electron chi connectivity index (χ0n) is 21.8. The van der Waals surface area contributed by atoms with Gasteiger partial charge in [0.05, 0.1) is 26.7 Å². The number of aromatic nitrogens is 2. The lowest BCUT2D eigenvalue weighted by molar-refractivity contribution is -0.896. The van der Waals surface area contributed by atoms with E-state index in [0.29, 0.717) is 23.1 Å². The van der Waals surface area contributed by atoms with Crippen molar-refractivity contribution in [2.24, 2.45) is 10.9 Å². The van der Waals surface area contributed by atoms with E-state index >= 15 is 0 Å².